The minimum Gasteiger partial charge on any atom is -0.813 e. The largest absolute Gasteiger partial charge is 3.00 e. The molecule has 3 heterocycles. The Kier molecular flexibility index (Phi) is 63.0. The van der Waals surface area contributed by atoms with E-state index >= 15 is 0 Å². The number of quaternary nitrogens is 2. The van der Waals surface area contributed by atoms with Crippen molar-refractivity contribution in [3.05, 3.63) is 82.2 Å². The minimum absolute atomic E-state index is 0. The van der Waals surface area contributed by atoms with Crippen LogP contribution in [0.1, 0.15) is 174 Å². The number of aryl methyl sites for hydroxylation is 1. The molecule has 0 aliphatic heterocycles. The summed E-state index contributed by atoms with van der Waals surface area (Å²) in [6.07, 6.45) is 25.5. The summed E-state index contributed by atoms with van der Waals surface area (Å²) in [6.45, 7) is 32.0. The van der Waals surface area contributed by atoms with Crippen molar-refractivity contribution < 1.29 is 47.9 Å². The molecule has 0 atom stereocenters. The monoisotopic (exact) mass is 1130 g/mol. The number of thiol groups is 1. The molecule has 70 heavy (non-hydrogen) atoms. The summed E-state index contributed by atoms with van der Waals surface area (Å²) < 4.78 is 2.84. The summed E-state index contributed by atoms with van der Waals surface area (Å²) in [6, 6.07) is 12.2. The molecule has 3 rings (SSSR count). The van der Waals surface area contributed by atoms with Gasteiger partial charge >= 0.3 is 25.6 Å². The van der Waals surface area contributed by atoms with Crippen LogP contribution in [-0.4, -0.2) is 104 Å². The molecule has 0 aromatic carbocycles. The molecular formula is C53H85N8O4RuS4. The van der Waals surface area contributed by atoms with Gasteiger partial charge in [0.2, 0.25) is 0 Å². The van der Waals surface area contributed by atoms with Crippen LogP contribution in [-0.2, 0) is 42.6 Å². The molecule has 0 saturated heterocycles. The third kappa shape index (κ3) is 42.3. The number of isothiocyanates is 3. The van der Waals surface area contributed by atoms with Gasteiger partial charge < -0.3 is 48.6 Å². The number of pyridine rings is 3. The van der Waals surface area contributed by atoms with Crippen LogP contribution in [0.25, 0.3) is 39.0 Å². The van der Waals surface area contributed by atoms with E-state index in [0.717, 1.165) is 11.3 Å². The van der Waals surface area contributed by atoms with Crippen LogP contribution >= 0.6 is 36.7 Å². The number of hydrogen-bond acceptors (Lipinski definition) is 11. The van der Waals surface area contributed by atoms with Crippen LogP contribution in [0.2, 0.25) is 0 Å². The van der Waals surface area contributed by atoms with Gasteiger partial charge in [-0.1, -0.05) is 149 Å². The molecule has 1 radical (unpaired) electrons. The first-order chi connectivity index (χ1) is 32.8. The summed E-state index contributed by atoms with van der Waals surface area (Å²) in [5, 5.41) is 36.3. The fraction of sp³-hybridized carbons (Fsp3) is 0.623. The molecule has 0 bridgehead atoms. The van der Waals surface area contributed by atoms with E-state index in [1.165, 1.54) is 198 Å². The first kappa shape index (κ1) is 78.0. The summed E-state index contributed by atoms with van der Waals surface area (Å²) in [5.41, 5.74) is 3.71. The van der Waals surface area contributed by atoms with E-state index in [9.17, 15) is 9.90 Å². The second-order valence-corrected chi connectivity index (χ2v) is 17.0. The number of nitrogens with zero attached hydrogens (tertiary/aromatic N) is 8. The van der Waals surface area contributed by atoms with Crippen LogP contribution < -0.4 is 5.11 Å². The van der Waals surface area contributed by atoms with Gasteiger partial charge in [-0.3, -0.25) is 9.97 Å². The van der Waals surface area contributed by atoms with Gasteiger partial charge in [-0.15, -0.1) is 0 Å². The molecule has 3 aromatic rings. The molecule has 0 aliphatic rings. The Morgan fingerprint density at radius 1 is 0.529 bits per heavy atom. The summed E-state index contributed by atoms with van der Waals surface area (Å²) in [7, 11) is 0. The van der Waals surface area contributed by atoms with Crippen LogP contribution in [0, 0.1) is 6.92 Å². The van der Waals surface area contributed by atoms with E-state index in [4.69, 9.17) is 25.8 Å². The van der Waals surface area contributed by atoms with Crippen molar-refractivity contribution in [1.29, 1.82) is 0 Å². The van der Waals surface area contributed by atoms with Crippen LogP contribution in [0.3, 0.4) is 0 Å². The van der Waals surface area contributed by atoms with Gasteiger partial charge in [-0.05, 0) is 100 Å². The van der Waals surface area contributed by atoms with Gasteiger partial charge in [-0.2, -0.15) is 25.1 Å². The van der Waals surface area contributed by atoms with Gasteiger partial charge in [0.15, 0.2) is 0 Å². The number of carboxylic acids is 1. The van der Waals surface area contributed by atoms with Gasteiger partial charge in [-0.25, -0.2) is 4.98 Å². The number of aromatic nitrogens is 3. The number of carbonyl (C=O) groups is 1. The Hall–Kier alpha value is -3.41. The Labute approximate surface area is 460 Å². The number of carbonyl (C=O) groups excluding carboxylic acids is 3. The normalized spacial score (nSPS) is 9.56. The van der Waals surface area contributed by atoms with E-state index in [1.54, 1.807) is 12.3 Å². The number of unbranched alkanes of at least 4 members (excludes halogenated alkanes) is 8. The van der Waals surface area contributed by atoms with E-state index in [-0.39, 0.29) is 44.7 Å². The molecule has 0 spiro atoms. The molecule has 393 valence electrons. The Bertz CT molecular complexity index is 1680. The third-order valence-electron chi connectivity index (χ3n) is 11.1. The summed E-state index contributed by atoms with van der Waals surface area (Å²) in [5.74, 6) is -1.24. The fourth-order valence-electron chi connectivity index (χ4n) is 7.38. The molecule has 0 aliphatic carbocycles. The van der Waals surface area contributed by atoms with E-state index in [1.807, 2.05) is 31.2 Å². The molecular weight excluding hydrogens is 1040 g/mol. The first-order valence-corrected chi connectivity index (χ1v) is 25.8. The Morgan fingerprint density at radius 2 is 0.786 bits per heavy atom. The van der Waals surface area contributed by atoms with Crippen molar-refractivity contribution in [2.45, 2.75) is 165 Å². The number of carboxylic acid groups (broad SMARTS) is 1. The van der Waals surface area contributed by atoms with Gasteiger partial charge in [0.25, 0.3) is 0 Å². The van der Waals surface area contributed by atoms with Crippen LogP contribution in [0.5, 0.6) is 0 Å². The van der Waals surface area contributed by atoms with Crippen molar-refractivity contribution in [2.24, 2.45) is 0 Å². The molecule has 0 amide bonds. The quantitative estimate of drug-likeness (QED) is 0.0177. The molecule has 0 N–H and O–H groups in total. The van der Waals surface area contributed by atoms with E-state index < -0.39 is 5.97 Å². The summed E-state index contributed by atoms with van der Waals surface area (Å²) in [4.78, 5) is 40.2. The van der Waals surface area contributed by atoms with Gasteiger partial charge in [0.1, 0.15) is 0 Å². The smallest absolute Gasteiger partial charge is 0.813 e. The zero-order valence-corrected chi connectivity index (χ0v) is 49.0. The fourth-order valence-corrected chi connectivity index (χ4v) is 7.38. The number of rotatable bonds is 27. The van der Waals surface area contributed by atoms with Crippen LogP contribution in [0.15, 0.2) is 54.9 Å². The minimum atomic E-state index is -1.24. The maximum Gasteiger partial charge on any atom is 3.00 e. The number of hydrogen-bond donors (Lipinski definition) is 0. The Morgan fingerprint density at radius 3 is 1.03 bits per heavy atom. The average molecular weight is 1130 g/mol. The molecule has 12 nitrogen and oxygen atoms in total. The topological polar surface area (TPSA) is 180 Å². The molecule has 17 heteroatoms. The third-order valence-corrected chi connectivity index (χ3v) is 11.1. The second-order valence-electron chi connectivity index (χ2n) is 16.5. The van der Waals surface area contributed by atoms with E-state index in [2.05, 4.69) is 107 Å². The zero-order valence-electron chi connectivity index (χ0n) is 43.9. The van der Waals surface area contributed by atoms with Crippen molar-refractivity contribution >= 4 is 77.8 Å². The summed E-state index contributed by atoms with van der Waals surface area (Å²) >= 11 is 11.1. The van der Waals surface area contributed by atoms with Crippen molar-refractivity contribution in [3.63, 3.8) is 0 Å². The van der Waals surface area contributed by atoms with Crippen molar-refractivity contribution in [1.82, 2.24) is 15.0 Å². The van der Waals surface area contributed by atoms with Crippen LogP contribution in [0.4, 0.5) is 0 Å². The number of thiocarbonyl (C=S) groups is 3. The maximum atomic E-state index is 10.9. The first-order valence-electron chi connectivity index (χ1n) is 24.6. The predicted molar refractivity (Wildman–Crippen MR) is 300 cm³/mol. The second kappa shape index (κ2) is 56.5. The maximum absolute atomic E-state index is 10.9. The van der Waals surface area contributed by atoms with E-state index in [0.29, 0.717) is 17.1 Å². The SMILES string of the molecule is CCCC[N+](CCCC)(CCCC)CCCC.CCCC[N+](CCCC)(CCCC)CCCC.Cc1ccnc(-c2cccc(-c3cc(C(=O)[O-])ccn3)n2)c1.O=C=O.[N-]=C=S.[N-]=C=S.[N-]=C=S.[Ru+3].[SH-]. The van der Waals surface area contributed by atoms with Gasteiger partial charge in [0, 0.05) is 18.0 Å². The predicted octanol–water partition coefficient (Wildman–Crippen LogP) is 13.0. The molecule has 0 saturated carbocycles. The van der Waals surface area contributed by atoms with Gasteiger partial charge in [0.05, 0.1) is 81.1 Å². The molecule has 0 fully saturated rings. The number of aromatic carboxylic acids is 1. The zero-order chi connectivity index (χ0) is 52.3. The molecule has 3 aromatic heterocycles. The standard InChI is InChI=1S/C17H13N3O2.2C16H36N.3CNS.CO2.Ru.H2S/c1-11-5-7-18-15(9-11)13-3-2-4-14(20-13)16-10-12(17(21)22)6-8-19-16;2*1-5-9-13-17(14-10-6-2,15-11-7-3)16-12-8-4;4*2-1-3;;/h2-10H,1H3,(H,21,22);2*5-16H2,1-4H3;;;;;;1H2/q;2*+1;3*-1;;+3;/p-2. The average Bonchev–Trinajstić information content (AvgIpc) is 3.34. The Balaban J connectivity index is -0.000000196. The van der Waals surface area contributed by atoms with Crippen molar-refractivity contribution in [3.8, 4) is 22.8 Å². The molecule has 0 unspecified atom stereocenters. The van der Waals surface area contributed by atoms with Crippen molar-refractivity contribution in [2.75, 3.05) is 52.4 Å².